The Kier molecular flexibility index (Phi) is 5.50. The number of anilines is 1. The van der Waals surface area contributed by atoms with E-state index < -0.39 is 27.9 Å². The molecule has 30 heavy (non-hydrogen) atoms. The van der Waals surface area contributed by atoms with E-state index in [0.29, 0.717) is 32.6 Å². The van der Waals surface area contributed by atoms with E-state index in [4.69, 9.17) is 0 Å². The largest absolute Gasteiger partial charge is 0.368 e. The highest BCUT2D eigenvalue weighted by Crippen LogP contribution is 2.55. The molecule has 1 saturated carbocycles. The van der Waals surface area contributed by atoms with E-state index >= 15 is 0 Å². The number of nitrogens with one attached hydrogen (secondary N) is 1. The van der Waals surface area contributed by atoms with Gasteiger partial charge in [0.2, 0.25) is 21.8 Å². The maximum Gasteiger partial charge on any atom is 0.248 e. The first-order valence-corrected chi connectivity index (χ1v) is 12.1. The lowest BCUT2D eigenvalue weighted by molar-refractivity contribution is -0.148. The Balaban J connectivity index is 1.54. The van der Waals surface area contributed by atoms with Gasteiger partial charge in [-0.05, 0) is 36.8 Å². The summed E-state index contributed by atoms with van der Waals surface area (Å²) in [5, 5.41) is 9.24. The van der Waals surface area contributed by atoms with Crippen molar-refractivity contribution in [1.29, 1.82) is 0 Å². The van der Waals surface area contributed by atoms with Crippen molar-refractivity contribution in [2.24, 2.45) is 11.3 Å². The van der Waals surface area contributed by atoms with Gasteiger partial charge in [0.25, 0.3) is 0 Å². The molecule has 2 heterocycles. The zero-order valence-electron chi connectivity index (χ0n) is 17.0. The average molecular weight is 437 g/mol. The van der Waals surface area contributed by atoms with E-state index in [0.717, 1.165) is 24.8 Å². The van der Waals surface area contributed by atoms with Crippen LogP contribution in [0.15, 0.2) is 30.3 Å². The van der Waals surface area contributed by atoms with Crippen molar-refractivity contribution < 1.29 is 23.2 Å². The van der Waals surface area contributed by atoms with E-state index in [-0.39, 0.29) is 17.9 Å². The molecule has 0 bridgehead atoms. The fraction of sp³-hybridized carbons (Fsp3) is 0.600. The number of hydrogen-bond acceptors (Lipinski definition) is 6. The van der Waals surface area contributed by atoms with Gasteiger partial charge in [0.15, 0.2) is 0 Å². The van der Waals surface area contributed by atoms with Crippen molar-refractivity contribution in [2.75, 3.05) is 43.9 Å². The number of benzene rings is 1. The molecular formula is C20H28N4O5S. The lowest BCUT2D eigenvalue weighted by atomic mass is 9.81. The third kappa shape index (κ3) is 4.03. The van der Waals surface area contributed by atoms with Crippen LogP contribution < -0.4 is 10.4 Å². The normalized spacial score (nSPS) is 26.5. The molecule has 1 aliphatic carbocycles. The average Bonchev–Trinajstić information content (AvgIpc) is 3.50. The fourth-order valence-electron chi connectivity index (χ4n) is 4.76. The summed E-state index contributed by atoms with van der Waals surface area (Å²) in [6.45, 7) is 2.40. The number of carbonyl (C=O) groups excluding carboxylic acids is 2. The quantitative estimate of drug-likeness (QED) is 0.518. The Morgan fingerprint density at radius 1 is 1.10 bits per heavy atom. The first-order chi connectivity index (χ1) is 14.2. The first kappa shape index (κ1) is 21.1. The Hall–Kier alpha value is -2.17. The van der Waals surface area contributed by atoms with Crippen LogP contribution in [0.5, 0.6) is 0 Å². The number of hydrogen-bond donors (Lipinski definition) is 2. The minimum atomic E-state index is -3.70. The van der Waals surface area contributed by atoms with Crippen LogP contribution >= 0.6 is 0 Å². The first-order valence-electron chi connectivity index (χ1n) is 10.2. The van der Waals surface area contributed by atoms with Crippen molar-refractivity contribution in [3.05, 3.63) is 30.3 Å². The van der Waals surface area contributed by atoms with Gasteiger partial charge in [-0.3, -0.25) is 14.8 Å². The van der Waals surface area contributed by atoms with Crippen molar-refractivity contribution in [2.45, 2.75) is 25.3 Å². The summed E-state index contributed by atoms with van der Waals surface area (Å²) in [5.41, 5.74) is 2.47. The summed E-state index contributed by atoms with van der Waals surface area (Å²) >= 11 is 0. The lowest BCUT2D eigenvalue weighted by Gasteiger charge is -2.45. The number of piperazine rings is 1. The van der Waals surface area contributed by atoms with Crippen LogP contribution in [0.3, 0.4) is 0 Å². The minimum Gasteiger partial charge on any atom is -0.368 e. The predicted molar refractivity (Wildman–Crippen MR) is 110 cm³/mol. The summed E-state index contributed by atoms with van der Waals surface area (Å²) in [5.74, 6) is -1.96. The minimum absolute atomic E-state index is 0.251. The molecule has 2 unspecified atom stereocenters. The Bertz CT molecular complexity index is 910. The summed E-state index contributed by atoms with van der Waals surface area (Å²) in [6, 6.07) is 8.78. The smallest absolute Gasteiger partial charge is 0.248 e. The number of rotatable bonds is 4. The number of para-hydroxylation sites is 1. The molecule has 1 aromatic rings. The molecule has 9 nitrogen and oxygen atoms in total. The van der Waals surface area contributed by atoms with E-state index in [2.05, 4.69) is 4.90 Å². The summed E-state index contributed by atoms with van der Waals surface area (Å²) in [6.07, 6.45) is 3.14. The second kappa shape index (κ2) is 7.82. The SMILES string of the molecule is CS(=O)(=O)N1CC2(CC2)CC(C(=O)NO)C1C(=O)N1CCN(c2ccccc2)CC1. The highest BCUT2D eigenvalue weighted by molar-refractivity contribution is 7.88. The van der Waals surface area contributed by atoms with Gasteiger partial charge in [-0.15, -0.1) is 0 Å². The van der Waals surface area contributed by atoms with Crippen LogP contribution in [0.1, 0.15) is 19.3 Å². The maximum atomic E-state index is 13.5. The molecule has 2 amide bonds. The van der Waals surface area contributed by atoms with Crippen LogP contribution in [0.25, 0.3) is 0 Å². The molecule has 0 radical (unpaired) electrons. The van der Waals surface area contributed by atoms with Gasteiger partial charge in [-0.25, -0.2) is 13.9 Å². The second-order valence-corrected chi connectivity index (χ2v) is 10.6. The van der Waals surface area contributed by atoms with Gasteiger partial charge in [0, 0.05) is 38.4 Å². The molecule has 0 aromatic heterocycles. The highest BCUT2D eigenvalue weighted by Gasteiger charge is 2.58. The third-order valence-corrected chi connectivity index (χ3v) is 7.84. The van der Waals surface area contributed by atoms with Gasteiger partial charge in [-0.1, -0.05) is 18.2 Å². The molecule has 3 aliphatic rings. The monoisotopic (exact) mass is 436 g/mol. The van der Waals surface area contributed by atoms with Crippen molar-refractivity contribution >= 4 is 27.5 Å². The third-order valence-electron chi connectivity index (χ3n) is 6.63. The molecule has 2 N–H and O–H groups in total. The summed E-state index contributed by atoms with van der Waals surface area (Å²) < 4.78 is 26.3. The molecule has 10 heteroatoms. The zero-order valence-corrected chi connectivity index (χ0v) is 17.8. The molecule has 2 atom stereocenters. The maximum absolute atomic E-state index is 13.5. The number of carbonyl (C=O) groups is 2. The molecule has 2 aliphatic heterocycles. The molecule has 1 aromatic carbocycles. The van der Waals surface area contributed by atoms with Crippen LogP contribution in [-0.2, 0) is 19.6 Å². The number of sulfonamides is 1. The van der Waals surface area contributed by atoms with E-state index in [9.17, 15) is 23.2 Å². The van der Waals surface area contributed by atoms with Crippen molar-refractivity contribution in [3.8, 4) is 0 Å². The van der Waals surface area contributed by atoms with Crippen molar-refractivity contribution in [1.82, 2.24) is 14.7 Å². The van der Waals surface area contributed by atoms with Gasteiger partial charge in [0.05, 0.1) is 12.2 Å². The molecular weight excluding hydrogens is 408 g/mol. The molecule has 3 fully saturated rings. The molecule has 164 valence electrons. The highest BCUT2D eigenvalue weighted by atomic mass is 32.2. The topological polar surface area (TPSA) is 110 Å². The van der Waals surface area contributed by atoms with E-state index in [1.165, 1.54) is 4.31 Å². The van der Waals surface area contributed by atoms with Crippen molar-refractivity contribution in [3.63, 3.8) is 0 Å². The summed E-state index contributed by atoms with van der Waals surface area (Å²) in [4.78, 5) is 29.7. The van der Waals surface area contributed by atoms with Crippen LogP contribution in [-0.4, -0.2) is 79.7 Å². The lowest BCUT2D eigenvalue weighted by Crippen LogP contribution is -2.63. The standard InChI is InChI=1S/C20H28N4O5S/c1-30(28,29)24-14-20(7-8-20)13-16(18(25)21-27)17(24)19(26)23-11-9-22(10-12-23)15-5-3-2-4-6-15/h2-6,16-17,27H,7-14H2,1H3,(H,21,25). The van der Waals surface area contributed by atoms with E-state index in [1.54, 1.807) is 10.4 Å². The fourth-order valence-corrected chi connectivity index (χ4v) is 5.92. The molecule has 2 saturated heterocycles. The van der Waals surface area contributed by atoms with Gasteiger partial charge < -0.3 is 9.80 Å². The van der Waals surface area contributed by atoms with Gasteiger partial charge in [-0.2, -0.15) is 4.31 Å². The summed E-state index contributed by atoms with van der Waals surface area (Å²) in [7, 11) is -3.70. The number of amides is 2. The Morgan fingerprint density at radius 2 is 1.73 bits per heavy atom. The van der Waals surface area contributed by atoms with Crippen LogP contribution in [0, 0.1) is 11.3 Å². The Morgan fingerprint density at radius 3 is 2.27 bits per heavy atom. The van der Waals surface area contributed by atoms with Crippen LogP contribution in [0.4, 0.5) is 5.69 Å². The zero-order chi connectivity index (χ0) is 21.5. The van der Waals surface area contributed by atoms with Gasteiger partial charge in [0.1, 0.15) is 6.04 Å². The molecule has 1 spiro atoms. The van der Waals surface area contributed by atoms with Crippen LogP contribution in [0.2, 0.25) is 0 Å². The van der Waals surface area contributed by atoms with E-state index in [1.807, 2.05) is 30.3 Å². The number of piperidine rings is 1. The van der Waals surface area contributed by atoms with Gasteiger partial charge >= 0.3 is 0 Å². The second-order valence-electron chi connectivity index (χ2n) is 8.69. The number of hydroxylamine groups is 1. The predicted octanol–water partition coefficient (Wildman–Crippen LogP) is 0.271. The molecule has 4 rings (SSSR count). The Labute approximate surface area is 176 Å². The number of nitrogens with zero attached hydrogens (tertiary/aromatic N) is 3.